The molecule has 2 aromatic heterocycles. The van der Waals surface area contributed by atoms with E-state index in [1.54, 1.807) is 0 Å². The summed E-state index contributed by atoms with van der Waals surface area (Å²) < 4.78 is 2.18. The highest BCUT2D eigenvalue weighted by atomic mass is 15.2. The molecule has 0 amide bonds. The third-order valence-electron chi connectivity index (χ3n) is 5.88. The average Bonchev–Trinajstić information content (AvgIpc) is 3.18. The minimum Gasteiger partial charge on any atom is -0.278 e. The summed E-state index contributed by atoms with van der Waals surface area (Å²) in [4.78, 5) is 10.1. The van der Waals surface area contributed by atoms with Crippen LogP contribution in [0.2, 0.25) is 0 Å². The van der Waals surface area contributed by atoms with Gasteiger partial charge < -0.3 is 0 Å². The number of para-hydroxylation sites is 1. The maximum Gasteiger partial charge on any atom is 0.235 e. The molecule has 0 saturated heterocycles. The van der Waals surface area contributed by atoms with Crippen molar-refractivity contribution in [1.29, 1.82) is 0 Å². The van der Waals surface area contributed by atoms with Gasteiger partial charge in [-0.1, -0.05) is 90.5 Å². The summed E-state index contributed by atoms with van der Waals surface area (Å²) in [6.45, 7) is 2.13. The number of aryl methyl sites for hydroxylation is 1. The third-order valence-corrected chi connectivity index (χ3v) is 5.88. The lowest BCUT2D eigenvalue weighted by Gasteiger charge is -2.11. The topological polar surface area (TPSA) is 30.7 Å². The molecule has 0 fully saturated rings. The summed E-state index contributed by atoms with van der Waals surface area (Å²) in [7, 11) is 0. The van der Waals surface area contributed by atoms with Gasteiger partial charge in [0.05, 0.1) is 22.4 Å². The quantitative estimate of drug-likeness (QED) is 0.308. The molecule has 0 spiro atoms. The van der Waals surface area contributed by atoms with Crippen LogP contribution in [0.4, 0.5) is 0 Å². The molecule has 4 aromatic carbocycles. The minimum absolute atomic E-state index is 0.681. The minimum atomic E-state index is 0.681. The average molecular weight is 412 g/mol. The zero-order chi connectivity index (χ0) is 21.5. The van der Waals surface area contributed by atoms with Crippen LogP contribution < -0.4 is 0 Å². The molecular weight excluding hydrogens is 390 g/mol. The second-order valence-corrected chi connectivity index (χ2v) is 8.04. The Kier molecular flexibility index (Phi) is 4.32. The van der Waals surface area contributed by atoms with E-state index in [4.69, 9.17) is 9.97 Å². The van der Waals surface area contributed by atoms with Crippen molar-refractivity contribution in [3.8, 4) is 28.5 Å². The van der Waals surface area contributed by atoms with Gasteiger partial charge in [-0.15, -0.1) is 0 Å². The Labute approximate surface area is 186 Å². The SMILES string of the molecule is Cc1ccc2c(c1)c1ccccc1n2-c1nc(-c2ccccc2)cc(-c2ccccc2)n1. The van der Waals surface area contributed by atoms with Crippen LogP contribution in [0, 0.1) is 6.92 Å². The summed E-state index contributed by atoms with van der Waals surface area (Å²) in [5.74, 6) is 0.681. The number of hydrogen-bond acceptors (Lipinski definition) is 2. The van der Waals surface area contributed by atoms with Crippen LogP contribution in [-0.4, -0.2) is 14.5 Å². The molecular formula is C29H21N3. The largest absolute Gasteiger partial charge is 0.278 e. The number of rotatable bonds is 3. The third kappa shape index (κ3) is 3.07. The van der Waals surface area contributed by atoms with E-state index in [1.807, 2.05) is 36.4 Å². The number of aromatic nitrogens is 3. The number of hydrogen-bond donors (Lipinski definition) is 0. The molecule has 152 valence electrons. The Morgan fingerprint density at radius 3 is 1.75 bits per heavy atom. The monoisotopic (exact) mass is 411 g/mol. The van der Waals surface area contributed by atoms with Gasteiger partial charge in [-0.05, 0) is 31.2 Å². The molecule has 3 heteroatoms. The highest BCUT2D eigenvalue weighted by Gasteiger charge is 2.16. The van der Waals surface area contributed by atoms with Crippen molar-refractivity contribution < 1.29 is 0 Å². The normalized spacial score (nSPS) is 11.3. The molecule has 0 unspecified atom stereocenters. The molecule has 0 aliphatic rings. The zero-order valence-electron chi connectivity index (χ0n) is 17.7. The molecule has 0 saturated carbocycles. The van der Waals surface area contributed by atoms with E-state index < -0.39 is 0 Å². The molecule has 0 bridgehead atoms. The van der Waals surface area contributed by atoms with E-state index in [0.29, 0.717) is 5.95 Å². The van der Waals surface area contributed by atoms with Crippen molar-refractivity contribution in [3.05, 3.63) is 115 Å². The number of fused-ring (bicyclic) bond motifs is 3. The first-order valence-corrected chi connectivity index (χ1v) is 10.8. The fourth-order valence-corrected chi connectivity index (χ4v) is 4.35. The van der Waals surface area contributed by atoms with Crippen LogP contribution in [0.3, 0.4) is 0 Å². The van der Waals surface area contributed by atoms with E-state index in [-0.39, 0.29) is 0 Å². The fourth-order valence-electron chi connectivity index (χ4n) is 4.35. The molecule has 0 N–H and O–H groups in total. The number of nitrogens with zero attached hydrogens (tertiary/aromatic N) is 3. The van der Waals surface area contributed by atoms with Gasteiger partial charge in [0, 0.05) is 21.9 Å². The van der Waals surface area contributed by atoms with Crippen LogP contribution in [-0.2, 0) is 0 Å². The second kappa shape index (κ2) is 7.47. The first-order chi connectivity index (χ1) is 15.8. The smallest absolute Gasteiger partial charge is 0.235 e. The van der Waals surface area contributed by atoms with Gasteiger partial charge in [0.2, 0.25) is 5.95 Å². The molecule has 0 radical (unpaired) electrons. The van der Waals surface area contributed by atoms with Crippen molar-refractivity contribution in [1.82, 2.24) is 14.5 Å². The van der Waals surface area contributed by atoms with Gasteiger partial charge in [0.1, 0.15) is 0 Å². The standard InChI is InChI=1S/C29H21N3/c1-20-16-17-28-24(18-20)23-14-8-9-15-27(23)32(28)29-30-25(21-10-4-2-5-11-21)19-26(31-29)22-12-6-3-7-13-22/h2-19H,1H3. The Balaban J connectivity index is 1.70. The molecule has 0 aliphatic heterocycles. The lowest BCUT2D eigenvalue weighted by atomic mass is 10.1. The van der Waals surface area contributed by atoms with Crippen molar-refractivity contribution in [2.24, 2.45) is 0 Å². The summed E-state index contributed by atoms with van der Waals surface area (Å²) in [6.07, 6.45) is 0. The first kappa shape index (κ1) is 18.5. The summed E-state index contributed by atoms with van der Waals surface area (Å²) in [6, 6.07) is 37.7. The van der Waals surface area contributed by atoms with Gasteiger partial charge in [-0.25, -0.2) is 9.97 Å². The first-order valence-electron chi connectivity index (χ1n) is 10.8. The van der Waals surface area contributed by atoms with Crippen molar-refractivity contribution in [2.45, 2.75) is 6.92 Å². The van der Waals surface area contributed by atoms with Gasteiger partial charge in [0.25, 0.3) is 0 Å². The molecule has 0 atom stereocenters. The fraction of sp³-hybridized carbons (Fsp3) is 0.0345. The summed E-state index contributed by atoms with van der Waals surface area (Å²) in [5, 5.41) is 2.43. The Bertz CT molecular complexity index is 1510. The molecule has 2 heterocycles. The van der Waals surface area contributed by atoms with Gasteiger partial charge in [-0.3, -0.25) is 4.57 Å². The van der Waals surface area contributed by atoms with E-state index in [2.05, 4.69) is 84.3 Å². The maximum absolute atomic E-state index is 5.05. The van der Waals surface area contributed by atoms with Crippen LogP contribution in [0.25, 0.3) is 50.3 Å². The van der Waals surface area contributed by atoms with E-state index in [9.17, 15) is 0 Å². The molecule has 6 rings (SSSR count). The van der Waals surface area contributed by atoms with Gasteiger partial charge in [-0.2, -0.15) is 0 Å². The number of benzene rings is 4. The molecule has 3 nitrogen and oxygen atoms in total. The van der Waals surface area contributed by atoms with E-state index >= 15 is 0 Å². The molecule has 0 aliphatic carbocycles. The van der Waals surface area contributed by atoms with Crippen molar-refractivity contribution in [2.75, 3.05) is 0 Å². The predicted octanol–water partition coefficient (Wildman–Crippen LogP) is 7.22. The highest BCUT2D eigenvalue weighted by Crippen LogP contribution is 2.33. The van der Waals surface area contributed by atoms with Crippen molar-refractivity contribution >= 4 is 21.8 Å². The van der Waals surface area contributed by atoms with Crippen LogP contribution in [0.1, 0.15) is 5.56 Å². The Morgan fingerprint density at radius 2 is 1.09 bits per heavy atom. The maximum atomic E-state index is 5.05. The lowest BCUT2D eigenvalue weighted by molar-refractivity contribution is 0.995. The van der Waals surface area contributed by atoms with Gasteiger partial charge in [0.15, 0.2) is 0 Å². The van der Waals surface area contributed by atoms with Crippen LogP contribution >= 0.6 is 0 Å². The summed E-state index contributed by atoms with van der Waals surface area (Å²) in [5.41, 5.74) is 7.43. The zero-order valence-corrected chi connectivity index (χ0v) is 17.7. The van der Waals surface area contributed by atoms with Crippen molar-refractivity contribution in [3.63, 3.8) is 0 Å². The second-order valence-electron chi connectivity index (χ2n) is 8.04. The van der Waals surface area contributed by atoms with Crippen LogP contribution in [0.15, 0.2) is 109 Å². The predicted molar refractivity (Wildman–Crippen MR) is 132 cm³/mol. The van der Waals surface area contributed by atoms with E-state index in [0.717, 1.165) is 33.5 Å². The lowest BCUT2D eigenvalue weighted by Crippen LogP contribution is -2.03. The molecule has 32 heavy (non-hydrogen) atoms. The Morgan fingerprint density at radius 1 is 0.531 bits per heavy atom. The van der Waals surface area contributed by atoms with Crippen LogP contribution in [0.5, 0.6) is 0 Å². The Hall–Kier alpha value is -4.24. The van der Waals surface area contributed by atoms with Gasteiger partial charge >= 0.3 is 0 Å². The highest BCUT2D eigenvalue weighted by molar-refractivity contribution is 6.09. The molecule has 6 aromatic rings. The van der Waals surface area contributed by atoms with E-state index in [1.165, 1.54) is 16.3 Å². The summed E-state index contributed by atoms with van der Waals surface area (Å²) >= 11 is 0.